The molecular weight excluding hydrogens is 402 g/mol. The van der Waals surface area contributed by atoms with Crippen LogP contribution in [0.1, 0.15) is 23.6 Å². The molecule has 3 aromatic rings. The average Bonchev–Trinajstić information content (AvgIpc) is 2.87. The van der Waals surface area contributed by atoms with Crippen LogP contribution < -0.4 is 4.90 Å². The lowest BCUT2D eigenvalue weighted by Gasteiger charge is -2.31. The van der Waals surface area contributed by atoms with Crippen molar-refractivity contribution in [3.8, 4) is 0 Å². The Balaban J connectivity index is 1.77. The van der Waals surface area contributed by atoms with E-state index in [0.717, 1.165) is 28.8 Å². The maximum absolute atomic E-state index is 12.8. The van der Waals surface area contributed by atoms with E-state index >= 15 is 0 Å². The molecule has 1 aliphatic carbocycles. The van der Waals surface area contributed by atoms with Gasteiger partial charge in [-0.3, -0.25) is 9.69 Å². The third kappa shape index (κ3) is 4.21. The van der Waals surface area contributed by atoms with E-state index in [2.05, 4.69) is 91.9 Å². The quantitative estimate of drug-likeness (QED) is 0.541. The van der Waals surface area contributed by atoms with Crippen molar-refractivity contribution in [2.75, 3.05) is 0 Å². The van der Waals surface area contributed by atoms with E-state index in [1.165, 1.54) is 27.4 Å². The maximum atomic E-state index is 12.8. The number of hydrogen-bond donors (Lipinski definition) is 1. The van der Waals surface area contributed by atoms with Crippen LogP contribution in [0.15, 0.2) is 138 Å². The van der Waals surface area contributed by atoms with E-state index in [0.29, 0.717) is 0 Å². The number of benzene rings is 3. The van der Waals surface area contributed by atoms with Gasteiger partial charge >= 0.3 is 0 Å². The third-order valence-corrected chi connectivity index (χ3v) is 6.24. The first-order valence-electron chi connectivity index (χ1n) is 11.3. The van der Waals surface area contributed by atoms with Gasteiger partial charge in [-0.05, 0) is 37.3 Å². The van der Waals surface area contributed by atoms with Gasteiger partial charge in [0.2, 0.25) is 0 Å². The zero-order chi connectivity index (χ0) is 22.6. The van der Waals surface area contributed by atoms with Gasteiger partial charge in [-0.2, -0.15) is 0 Å². The molecule has 0 bridgehead atoms. The fourth-order valence-corrected chi connectivity index (χ4v) is 4.66. The molecule has 0 spiro atoms. The van der Waals surface area contributed by atoms with Crippen LogP contribution >= 0.6 is 0 Å². The summed E-state index contributed by atoms with van der Waals surface area (Å²) in [6.07, 6.45) is 9.55. The summed E-state index contributed by atoms with van der Waals surface area (Å²) in [6.45, 7) is 2.96. The summed E-state index contributed by atoms with van der Waals surface area (Å²) < 4.78 is 0. The lowest BCUT2D eigenvalue weighted by molar-refractivity contribution is -0.761. The maximum Gasteiger partial charge on any atom is 0.186 e. The smallest absolute Gasteiger partial charge is 0.186 e. The molecule has 33 heavy (non-hydrogen) atoms. The van der Waals surface area contributed by atoms with E-state index in [9.17, 15) is 4.79 Å². The molecule has 5 rings (SSSR count). The molecule has 0 radical (unpaired) electrons. The normalized spacial score (nSPS) is 20.2. The summed E-state index contributed by atoms with van der Waals surface area (Å²) in [4.78, 5) is 14.1. The van der Waals surface area contributed by atoms with E-state index in [1.54, 1.807) is 12.2 Å². The highest BCUT2D eigenvalue weighted by molar-refractivity contribution is 6.09. The van der Waals surface area contributed by atoms with Gasteiger partial charge in [-0.15, -0.1) is 0 Å². The molecule has 0 fully saturated rings. The monoisotopic (exact) mass is 428 g/mol. The Labute approximate surface area is 195 Å². The van der Waals surface area contributed by atoms with Crippen molar-refractivity contribution in [2.45, 2.75) is 13.5 Å². The summed E-state index contributed by atoms with van der Waals surface area (Å²) in [5.74, 6) is 0.0504. The Bertz CT molecular complexity index is 1320. The molecule has 1 atom stereocenters. The van der Waals surface area contributed by atoms with E-state index in [-0.39, 0.29) is 5.78 Å². The molecule has 0 aromatic heterocycles. The molecule has 160 valence electrons. The van der Waals surface area contributed by atoms with Gasteiger partial charge < -0.3 is 0 Å². The molecule has 0 amide bonds. The van der Waals surface area contributed by atoms with Crippen molar-refractivity contribution in [3.63, 3.8) is 0 Å². The van der Waals surface area contributed by atoms with Crippen molar-refractivity contribution < 1.29 is 9.69 Å². The molecule has 2 aliphatic rings. The van der Waals surface area contributed by atoms with Gasteiger partial charge in [0.05, 0.1) is 0 Å². The zero-order valence-electron chi connectivity index (χ0n) is 18.7. The van der Waals surface area contributed by atoms with Crippen LogP contribution in [0.2, 0.25) is 0 Å². The highest BCUT2D eigenvalue weighted by atomic mass is 16.1. The van der Waals surface area contributed by atoms with Crippen molar-refractivity contribution in [3.05, 3.63) is 155 Å². The first kappa shape index (κ1) is 20.9. The predicted octanol–water partition coefficient (Wildman–Crippen LogP) is 5.55. The van der Waals surface area contributed by atoms with Gasteiger partial charge in [0.25, 0.3) is 0 Å². The second-order valence-electron chi connectivity index (χ2n) is 8.34. The topological polar surface area (TPSA) is 21.5 Å². The molecule has 2 heteroatoms. The van der Waals surface area contributed by atoms with Crippen LogP contribution in [0, 0.1) is 0 Å². The summed E-state index contributed by atoms with van der Waals surface area (Å²) >= 11 is 0. The first-order chi connectivity index (χ1) is 16.2. The minimum atomic E-state index is 0.0504. The van der Waals surface area contributed by atoms with Crippen LogP contribution in [-0.2, 0) is 11.3 Å². The standard InChI is InChI=1S/C31H25NO/c1-23-28(27-19-11-12-20-30(27)33)21-29(25-15-7-3-8-16-25)32(22-24-13-5-2-6-14-24)31(23)26-17-9-4-10-18-26/h2-21H,22H2,1H3/p+1. The van der Waals surface area contributed by atoms with Crippen LogP contribution in [-0.4, -0.2) is 5.78 Å². The van der Waals surface area contributed by atoms with Gasteiger partial charge in [-0.25, -0.2) is 0 Å². The lowest BCUT2D eigenvalue weighted by atomic mass is 9.87. The lowest BCUT2D eigenvalue weighted by Crippen LogP contribution is -3.06. The molecule has 1 aliphatic heterocycles. The molecule has 1 unspecified atom stereocenters. The summed E-state index contributed by atoms with van der Waals surface area (Å²) in [5, 5.41) is 0. The second kappa shape index (κ2) is 9.23. The van der Waals surface area contributed by atoms with E-state index < -0.39 is 0 Å². The highest BCUT2D eigenvalue weighted by Gasteiger charge is 2.33. The predicted molar refractivity (Wildman–Crippen MR) is 135 cm³/mol. The molecule has 1 heterocycles. The number of allylic oxidation sites excluding steroid dienone is 8. The summed E-state index contributed by atoms with van der Waals surface area (Å²) in [7, 11) is 0. The fourth-order valence-electron chi connectivity index (χ4n) is 4.66. The first-order valence-corrected chi connectivity index (χ1v) is 11.3. The largest absolute Gasteiger partial charge is 0.289 e. The van der Waals surface area contributed by atoms with Crippen LogP contribution in [0.3, 0.4) is 0 Å². The van der Waals surface area contributed by atoms with Crippen LogP contribution in [0.5, 0.6) is 0 Å². The van der Waals surface area contributed by atoms with E-state index in [4.69, 9.17) is 0 Å². The van der Waals surface area contributed by atoms with Crippen molar-refractivity contribution >= 4 is 17.2 Å². The molecule has 3 aromatic carbocycles. The average molecular weight is 429 g/mol. The number of nitrogens with one attached hydrogen (secondary N) is 1. The van der Waals surface area contributed by atoms with Crippen molar-refractivity contribution in [2.24, 2.45) is 0 Å². The number of carbonyl (C=O) groups is 1. The Hall–Kier alpha value is -4.01. The number of rotatable bonds is 4. The fraction of sp³-hybridized carbons (Fsp3) is 0.0645. The van der Waals surface area contributed by atoms with Gasteiger partial charge in [0.1, 0.15) is 17.9 Å². The molecular formula is C31H26NO+. The Morgan fingerprint density at radius 1 is 0.667 bits per heavy atom. The van der Waals surface area contributed by atoms with E-state index in [1.807, 2.05) is 24.3 Å². The zero-order valence-corrected chi connectivity index (χ0v) is 18.7. The molecule has 2 nitrogen and oxygen atoms in total. The Kier molecular flexibility index (Phi) is 5.84. The Morgan fingerprint density at radius 3 is 1.88 bits per heavy atom. The molecule has 1 N–H and O–H groups in total. The SMILES string of the molecule is CC1=C(c2ccccc2)[NH+](Cc2ccccc2)C(c2ccccc2)=CC1=C1C=CC=CC1=O. The minimum Gasteiger partial charge on any atom is -0.289 e. The van der Waals surface area contributed by atoms with Crippen LogP contribution in [0.4, 0.5) is 0 Å². The number of carbonyl (C=O) groups excluding carboxylic acids is 1. The summed E-state index contributed by atoms with van der Waals surface area (Å²) in [6, 6.07) is 31.6. The minimum absolute atomic E-state index is 0.0504. The third-order valence-electron chi connectivity index (χ3n) is 6.24. The van der Waals surface area contributed by atoms with Gasteiger partial charge in [0.15, 0.2) is 5.78 Å². The molecule has 0 saturated heterocycles. The number of quaternary nitrogens is 1. The summed E-state index contributed by atoms with van der Waals surface area (Å²) in [5.41, 5.74) is 8.85. The van der Waals surface area contributed by atoms with Gasteiger partial charge in [-0.1, -0.05) is 85.0 Å². The van der Waals surface area contributed by atoms with Gasteiger partial charge in [0, 0.05) is 39.5 Å². The number of ketones is 1. The number of hydrogen-bond acceptors (Lipinski definition) is 1. The highest BCUT2D eigenvalue weighted by Crippen LogP contribution is 2.32. The Morgan fingerprint density at radius 2 is 1.24 bits per heavy atom. The van der Waals surface area contributed by atoms with Crippen molar-refractivity contribution in [1.29, 1.82) is 0 Å². The molecule has 0 saturated carbocycles. The van der Waals surface area contributed by atoms with Crippen molar-refractivity contribution in [1.82, 2.24) is 0 Å². The van der Waals surface area contributed by atoms with Crippen LogP contribution in [0.25, 0.3) is 11.4 Å². The second-order valence-corrected chi connectivity index (χ2v) is 8.34.